The van der Waals surface area contributed by atoms with Crippen molar-refractivity contribution in [3.63, 3.8) is 0 Å². The summed E-state index contributed by atoms with van der Waals surface area (Å²) < 4.78 is 11.3. The molecule has 2 aromatic rings. The number of rotatable bonds is 10. The summed E-state index contributed by atoms with van der Waals surface area (Å²) in [7, 11) is 1.58. The first-order chi connectivity index (χ1) is 16.3. The van der Waals surface area contributed by atoms with Crippen molar-refractivity contribution in [3.05, 3.63) is 65.2 Å². The van der Waals surface area contributed by atoms with Crippen molar-refractivity contribution >= 4 is 17.7 Å². The Morgan fingerprint density at radius 1 is 1.15 bits per heavy atom. The molecule has 3 unspecified atom stereocenters. The minimum atomic E-state index is -2.51. The highest BCUT2D eigenvalue weighted by Crippen LogP contribution is 2.31. The molecule has 0 saturated carbocycles. The second-order valence-corrected chi connectivity index (χ2v) is 8.15. The van der Waals surface area contributed by atoms with E-state index in [-0.39, 0.29) is 17.9 Å². The van der Waals surface area contributed by atoms with Gasteiger partial charge in [-0.15, -0.1) is 0 Å². The van der Waals surface area contributed by atoms with Crippen LogP contribution in [0, 0.1) is 0 Å². The van der Waals surface area contributed by atoms with E-state index in [1.165, 1.54) is 19.1 Å². The Morgan fingerprint density at radius 3 is 2.38 bits per heavy atom. The van der Waals surface area contributed by atoms with Crippen LogP contribution in [0.3, 0.4) is 0 Å². The Kier molecular flexibility index (Phi) is 8.38. The third-order valence-corrected chi connectivity index (χ3v) is 6.05. The van der Waals surface area contributed by atoms with Crippen LogP contribution in [-0.4, -0.2) is 54.8 Å². The van der Waals surface area contributed by atoms with Gasteiger partial charge in [-0.3, -0.25) is 9.59 Å². The summed E-state index contributed by atoms with van der Waals surface area (Å²) in [5.41, 5.74) is 5.02. The van der Waals surface area contributed by atoms with Gasteiger partial charge in [0, 0.05) is 31.0 Å². The molecule has 3 rings (SSSR count). The molecule has 182 valence electrons. The molecule has 0 aromatic heterocycles. The third-order valence-electron chi connectivity index (χ3n) is 6.05. The summed E-state index contributed by atoms with van der Waals surface area (Å²) in [4.78, 5) is 38.4. The van der Waals surface area contributed by atoms with E-state index >= 15 is 0 Å². The summed E-state index contributed by atoms with van der Waals surface area (Å²) >= 11 is 0. The summed E-state index contributed by atoms with van der Waals surface area (Å²) in [6.07, 6.45) is -0.290. The molecule has 34 heavy (non-hydrogen) atoms. The van der Waals surface area contributed by atoms with E-state index in [0.29, 0.717) is 31.8 Å². The number of methoxy groups -OCH3 is 1. The lowest BCUT2D eigenvalue weighted by atomic mass is 9.88. The lowest BCUT2D eigenvalue weighted by Gasteiger charge is -2.39. The number of carbonyl (C=O) groups is 3. The van der Waals surface area contributed by atoms with Crippen LogP contribution in [0.1, 0.15) is 47.2 Å². The number of Topliss-reactive ketones (excluding diaryl/α,β-unsaturated/α-hetero) is 1. The summed E-state index contributed by atoms with van der Waals surface area (Å²) in [5, 5.41) is 15.8. The van der Waals surface area contributed by atoms with Crippen LogP contribution < -0.4 is 21.1 Å². The fourth-order valence-corrected chi connectivity index (χ4v) is 4.05. The molecule has 3 atom stereocenters. The number of carbonyl (C=O) groups excluding carboxylic acids is 2. The predicted octanol–water partition coefficient (Wildman–Crippen LogP) is 1.81. The maximum Gasteiger partial charge on any atom is 0.365 e. The number of hydrogen-bond acceptors (Lipinski definition) is 7. The van der Waals surface area contributed by atoms with Gasteiger partial charge in [0.2, 0.25) is 0 Å². The van der Waals surface area contributed by atoms with Crippen molar-refractivity contribution < 1.29 is 29.0 Å². The number of ketones is 1. The standard InChI is InChI=1S/C25H31N3O6/c1-3-22(29)25(24(31)32,28-23(30)18-6-4-16(14-26)5-7-18)34-21-12-13-27-15-20(21)17-8-10-19(33-2)11-9-17/h4-11,20-21,27H,3,12-15,26H2,1-2H3,(H,28,30)(H,31,32). The average molecular weight is 470 g/mol. The zero-order valence-corrected chi connectivity index (χ0v) is 19.4. The van der Waals surface area contributed by atoms with Crippen LogP contribution in [0.5, 0.6) is 5.75 Å². The Labute approximate surface area is 198 Å². The van der Waals surface area contributed by atoms with Gasteiger partial charge in [-0.05, 0) is 48.4 Å². The highest BCUT2D eigenvalue weighted by atomic mass is 16.6. The number of carboxylic acid groups (broad SMARTS) is 1. The van der Waals surface area contributed by atoms with Crippen molar-refractivity contribution in [1.29, 1.82) is 0 Å². The molecule has 1 saturated heterocycles. The number of piperidine rings is 1. The fraction of sp³-hybridized carbons (Fsp3) is 0.400. The van der Waals surface area contributed by atoms with Crippen LogP contribution in [0.4, 0.5) is 0 Å². The fourth-order valence-electron chi connectivity index (χ4n) is 4.05. The molecule has 0 radical (unpaired) electrons. The molecule has 0 spiro atoms. The minimum Gasteiger partial charge on any atom is -0.497 e. The van der Waals surface area contributed by atoms with Crippen molar-refractivity contribution in [2.24, 2.45) is 5.73 Å². The van der Waals surface area contributed by atoms with Gasteiger partial charge in [0.1, 0.15) is 5.75 Å². The van der Waals surface area contributed by atoms with Crippen molar-refractivity contribution in [1.82, 2.24) is 10.6 Å². The molecule has 1 heterocycles. The van der Waals surface area contributed by atoms with Gasteiger partial charge in [0.25, 0.3) is 5.91 Å². The molecule has 9 nitrogen and oxygen atoms in total. The molecular weight excluding hydrogens is 438 g/mol. The number of nitrogens with two attached hydrogens (primary N) is 1. The molecule has 1 fully saturated rings. The minimum absolute atomic E-state index is 0.128. The first kappa shape index (κ1) is 25.4. The maximum atomic E-state index is 13.0. The van der Waals surface area contributed by atoms with Gasteiger partial charge in [-0.25, -0.2) is 4.79 Å². The number of nitrogens with one attached hydrogen (secondary N) is 2. The van der Waals surface area contributed by atoms with Crippen molar-refractivity contribution in [3.8, 4) is 5.75 Å². The Hall–Kier alpha value is -3.27. The molecule has 0 bridgehead atoms. The number of ether oxygens (including phenoxy) is 2. The van der Waals surface area contributed by atoms with Crippen molar-refractivity contribution in [2.45, 2.75) is 44.1 Å². The van der Waals surface area contributed by atoms with Gasteiger partial charge < -0.3 is 30.9 Å². The van der Waals surface area contributed by atoms with Gasteiger partial charge in [0.15, 0.2) is 5.78 Å². The van der Waals surface area contributed by atoms with Crippen LogP contribution >= 0.6 is 0 Å². The van der Waals surface area contributed by atoms with E-state index in [9.17, 15) is 19.5 Å². The molecule has 1 aliphatic heterocycles. The van der Waals surface area contributed by atoms with Crippen LogP contribution in [0.2, 0.25) is 0 Å². The second kappa shape index (κ2) is 11.2. The average Bonchev–Trinajstić information content (AvgIpc) is 2.88. The quantitative estimate of drug-likeness (QED) is 0.305. The van der Waals surface area contributed by atoms with Crippen molar-refractivity contribution in [2.75, 3.05) is 20.2 Å². The SMILES string of the molecule is CCC(=O)C(NC(=O)c1ccc(CN)cc1)(OC1CCNCC1c1ccc(OC)cc1)C(=O)O. The molecule has 5 N–H and O–H groups in total. The molecular formula is C25H31N3O6. The first-order valence-electron chi connectivity index (χ1n) is 11.2. The zero-order chi connectivity index (χ0) is 24.7. The molecule has 1 aliphatic rings. The zero-order valence-electron chi connectivity index (χ0n) is 19.4. The van der Waals surface area contributed by atoms with Crippen LogP contribution in [-0.2, 0) is 20.9 Å². The van der Waals surface area contributed by atoms with E-state index in [0.717, 1.165) is 11.1 Å². The predicted molar refractivity (Wildman–Crippen MR) is 126 cm³/mol. The summed E-state index contributed by atoms with van der Waals surface area (Å²) in [6, 6.07) is 13.8. The molecule has 2 aromatic carbocycles. The first-order valence-corrected chi connectivity index (χ1v) is 11.2. The van der Waals surface area contributed by atoms with E-state index in [1.54, 1.807) is 19.2 Å². The van der Waals surface area contributed by atoms with E-state index in [1.807, 2.05) is 24.3 Å². The number of hydrogen-bond donors (Lipinski definition) is 4. The molecule has 1 amide bonds. The van der Waals surface area contributed by atoms with Gasteiger partial charge in [0.05, 0.1) is 13.2 Å². The summed E-state index contributed by atoms with van der Waals surface area (Å²) in [6.45, 7) is 2.96. The molecule has 9 heteroatoms. The van der Waals surface area contributed by atoms with E-state index in [4.69, 9.17) is 15.2 Å². The largest absolute Gasteiger partial charge is 0.497 e. The number of benzene rings is 2. The van der Waals surface area contributed by atoms with Crippen LogP contribution in [0.15, 0.2) is 48.5 Å². The monoisotopic (exact) mass is 469 g/mol. The van der Waals surface area contributed by atoms with Gasteiger partial charge >= 0.3 is 11.7 Å². The number of aliphatic carboxylic acids is 1. The van der Waals surface area contributed by atoms with E-state index in [2.05, 4.69) is 10.6 Å². The smallest absolute Gasteiger partial charge is 0.365 e. The Bertz CT molecular complexity index is 1010. The third kappa shape index (κ3) is 5.44. The normalized spacial score (nSPS) is 19.6. The Morgan fingerprint density at radius 2 is 1.82 bits per heavy atom. The lowest BCUT2D eigenvalue weighted by Crippen LogP contribution is -2.64. The number of carboxylic acids is 1. The Balaban J connectivity index is 1.92. The molecule has 0 aliphatic carbocycles. The van der Waals surface area contributed by atoms with Gasteiger partial charge in [-0.2, -0.15) is 0 Å². The lowest BCUT2D eigenvalue weighted by molar-refractivity contribution is -0.187. The number of amides is 1. The maximum absolute atomic E-state index is 13.0. The van der Waals surface area contributed by atoms with Crippen LogP contribution in [0.25, 0.3) is 0 Å². The van der Waals surface area contributed by atoms with E-state index < -0.39 is 29.5 Å². The summed E-state index contributed by atoms with van der Waals surface area (Å²) in [5.74, 6) is -2.55. The van der Waals surface area contributed by atoms with Gasteiger partial charge in [-0.1, -0.05) is 31.2 Å². The highest BCUT2D eigenvalue weighted by Gasteiger charge is 2.51. The second-order valence-electron chi connectivity index (χ2n) is 8.15. The highest BCUT2D eigenvalue weighted by molar-refractivity contribution is 6.10. The topological polar surface area (TPSA) is 140 Å².